The van der Waals surface area contributed by atoms with Gasteiger partial charge >= 0.3 is 0 Å². The summed E-state index contributed by atoms with van der Waals surface area (Å²) in [4.78, 5) is 21.9. The zero-order valence-corrected chi connectivity index (χ0v) is 15.6. The predicted octanol–water partition coefficient (Wildman–Crippen LogP) is 3.71. The van der Waals surface area contributed by atoms with Crippen LogP contribution in [0, 0.1) is 0 Å². The van der Waals surface area contributed by atoms with Crippen LogP contribution in [-0.2, 0) is 11.2 Å². The van der Waals surface area contributed by atoms with Crippen LogP contribution in [0.25, 0.3) is 10.2 Å². The number of para-hydroxylation sites is 1. The Morgan fingerprint density at radius 1 is 1.12 bits per heavy atom. The summed E-state index contributed by atoms with van der Waals surface area (Å²) in [5.41, 5.74) is 1.08. The van der Waals surface area contributed by atoms with Crippen LogP contribution >= 0.6 is 11.3 Å². The maximum atomic E-state index is 12.5. The average molecular weight is 358 g/mol. The molecule has 2 aromatic rings. The highest BCUT2D eigenvalue weighted by Crippen LogP contribution is 2.24. The molecule has 2 aliphatic rings. The van der Waals surface area contributed by atoms with Gasteiger partial charge in [-0.05, 0) is 63.7 Å². The molecule has 0 unspecified atom stereocenters. The predicted molar refractivity (Wildman–Crippen MR) is 103 cm³/mol. The van der Waals surface area contributed by atoms with Gasteiger partial charge in [0.2, 0.25) is 5.91 Å². The second-order valence-electron chi connectivity index (χ2n) is 7.28. The Bertz CT molecular complexity index is 682. The molecule has 0 N–H and O–H groups in total. The molecular weight excluding hydrogens is 330 g/mol. The Kier molecular flexibility index (Phi) is 5.32. The van der Waals surface area contributed by atoms with Crippen molar-refractivity contribution in [1.82, 2.24) is 14.8 Å². The first-order valence-corrected chi connectivity index (χ1v) is 10.5. The number of piperidine rings is 1. The average Bonchev–Trinajstić information content (AvgIpc) is 3.31. The monoisotopic (exact) mass is 357 g/mol. The Labute approximate surface area is 153 Å². The Morgan fingerprint density at radius 3 is 2.64 bits per heavy atom. The lowest BCUT2D eigenvalue weighted by molar-refractivity contribution is -0.132. The maximum Gasteiger partial charge on any atom is 0.222 e. The Balaban J connectivity index is 1.21. The standard InChI is InChI=1S/C20H27N3OS/c24-20(23-14-10-16(11-15-23)22-12-3-4-13-22)9-5-8-19-21-17-6-1-2-7-18(17)25-19/h1-2,6-7,16H,3-5,8-15H2. The fourth-order valence-corrected chi connectivity index (χ4v) is 5.17. The highest BCUT2D eigenvalue weighted by molar-refractivity contribution is 7.18. The van der Waals surface area contributed by atoms with Gasteiger partial charge in [-0.15, -0.1) is 11.3 Å². The van der Waals surface area contributed by atoms with Gasteiger partial charge in [0.1, 0.15) is 0 Å². The molecule has 25 heavy (non-hydrogen) atoms. The second-order valence-corrected chi connectivity index (χ2v) is 8.40. The summed E-state index contributed by atoms with van der Waals surface area (Å²) in [6, 6.07) is 8.98. The summed E-state index contributed by atoms with van der Waals surface area (Å²) in [5.74, 6) is 0.334. The van der Waals surface area contributed by atoms with Gasteiger partial charge in [0.25, 0.3) is 0 Å². The number of nitrogens with zero attached hydrogens (tertiary/aromatic N) is 3. The van der Waals surface area contributed by atoms with Crippen LogP contribution in [-0.4, -0.2) is 52.9 Å². The zero-order valence-electron chi connectivity index (χ0n) is 14.8. The lowest BCUT2D eigenvalue weighted by Crippen LogP contribution is -2.45. The molecule has 4 rings (SSSR count). The smallest absolute Gasteiger partial charge is 0.222 e. The van der Waals surface area contributed by atoms with Crippen molar-refractivity contribution >= 4 is 27.5 Å². The molecule has 4 nitrogen and oxygen atoms in total. The number of rotatable bonds is 5. The number of carbonyl (C=O) groups excluding carboxylic acids is 1. The van der Waals surface area contributed by atoms with E-state index in [4.69, 9.17) is 0 Å². The number of benzene rings is 1. The minimum absolute atomic E-state index is 0.334. The van der Waals surface area contributed by atoms with E-state index < -0.39 is 0 Å². The summed E-state index contributed by atoms with van der Waals surface area (Å²) >= 11 is 1.76. The van der Waals surface area contributed by atoms with E-state index in [9.17, 15) is 4.79 Å². The summed E-state index contributed by atoms with van der Waals surface area (Å²) in [7, 11) is 0. The molecule has 0 aliphatic carbocycles. The first-order valence-electron chi connectivity index (χ1n) is 9.66. The molecule has 2 saturated heterocycles. The molecule has 2 fully saturated rings. The SMILES string of the molecule is O=C(CCCc1nc2ccccc2s1)N1CCC(N2CCCC2)CC1. The zero-order chi connectivity index (χ0) is 17.1. The van der Waals surface area contributed by atoms with Crippen molar-refractivity contribution in [3.05, 3.63) is 29.3 Å². The number of hydrogen-bond donors (Lipinski definition) is 0. The molecule has 0 bridgehead atoms. The molecule has 5 heteroatoms. The Hall–Kier alpha value is -1.46. The van der Waals surface area contributed by atoms with Crippen LogP contribution in [0.2, 0.25) is 0 Å². The van der Waals surface area contributed by atoms with E-state index in [0.717, 1.165) is 49.3 Å². The minimum atomic E-state index is 0.334. The maximum absolute atomic E-state index is 12.5. The summed E-state index contributed by atoms with van der Waals surface area (Å²) in [6.07, 6.45) is 7.49. The lowest BCUT2D eigenvalue weighted by atomic mass is 10.0. The number of amides is 1. The summed E-state index contributed by atoms with van der Waals surface area (Å²) in [5, 5.41) is 1.15. The molecule has 0 saturated carbocycles. The Morgan fingerprint density at radius 2 is 1.88 bits per heavy atom. The summed E-state index contributed by atoms with van der Waals surface area (Å²) in [6.45, 7) is 4.42. The van der Waals surface area contributed by atoms with Crippen molar-refractivity contribution in [2.45, 2.75) is 51.0 Å². The van der Waals surface area contributed by atoms with Crippen LogP contribution in [0.1, 0.15) is 43.5 Å². The lowest BCUT2D eigenvalue weighted by Gasteiger charge is -2.36. The van der Waals surface area contributed by atoms with E-state index in [1.54, 1.807) is 11.3 Å². The first kappa shape index (κ1) is 17.0. The fourth-order valence-electron chi connectivity index (χ4n) is 4.16. The quantitative estimate of drug-likeness (QED) is 0.818. The van der Waals surface area contributed by atoms with Crippen LogP contribution in [0.4, 0.5) is 0 Å². The number of aryl methyl sites for hydroxylation is 1. The molecule has 0 atom stereocenters. The number of thiazole rings is 1. The van der Waals surface area contributed by atoms with Gasteiger partial charge in [-0.2, -0.15) is 0 Å². The van der Waals surface area contributed by atoms with Crippen LogP contribution in [0.15, 0.2) is 24.3 Å². The first-order chi connectivity index (χ1) is 12.3. The highest BCUT2D eigenvalue weighted by Gasteiger charge is 2.27. The van der Waals surface area contributed by atoms with Crippen molar-refractivity contribution in [2.75, 3.05) is 26.2 Å². The molecule has 1 aromatic heterocycles. The highest BCUT2D eigenvalue weighted by atomic mass is 32.1. The number of hydrogen-bond acceptors (Lipinski definition) is 4. The van der Waals surface area contributed by atoms with Crippen molar-refractivity contribution in [1.29, 1.82) is 0 Å². The molecule has 0 radical (unpaired) electrons. The van der Waals surface area contributed by atoms with Crippen LogP contribution in [0.3, 0.4) is 0 Å². The van der Waals surface area contributed by atoms with Crippen molar-refractivity contribution in [3.63, 3.8) is 0 Å². The van der Waals surface area contributed by atoms with E-state index in [-0.39, 0.29) is 0 Å². The number of aromatic nitrogens is 1. The third kappa shape index (κ3) is 4.04. The second kappa shape index (κ2) is 7.83. The van der Waals surface area contributed by atoms with Crippen molar-refractivity contribution in [2.24, 2.45) is 0 Å². The van der Waals surface area contributed by atoms with Gasteiger partial charge in [0.15, 0.2) is 0 Å². The van der Waals surface area contributed by atoms with Gasteiger partial charge in [-0.3, -0.25) is 4.79 Å². The van der Waals surface area contributed by atoms with Gasteiger partial charge in [0.05, 0.1) is 15.2 Å². The third-order valence-corrected chi connectivity index (χ3v) is 6.69. The van der Waals surface area contributed by atoms with Gasteiger partial charge in [-0.1, -0.05) is 12.1 Å². The minimum Gasteiger partial charge on any atom is -0.343 e. The van der Waals surface area contributed by atoms with Gasteiger partial charge in [0, 0.05) is 25.6 Å². The van der Waals surface area contributed by atoms with E-state index >= 15 is 0 Å². The molecular formula is C20H27N3OS. The molecule has 0 spiro atoms. The fraction of sp³-hybridized carbons (Fsp3) is 0.600. The number of fused-ring (bicyclic) bond motifs is 1. The number of likely N-dealkylation sites (tertiary alicyclic amines) is 2. The molecule has 3 heterocycles. The largest absolute Gasteiger partial charge is 0.343 e. The summed E-state index contributed by atoms with van der Waals surface area (Å²) < 4.78 is 1.24. The van der Waals surface area contributed by atoms with Gasteiger partial charge in [-0.25, -0.2) is 4.98 Å². The molecule has 134 valence electrons. The van der Waals surface area contributed by atoms with E-state index in [1.807, 2.05) is 6.07 Å². The normalized spacial score (nSPS) is 19.8. The number of carbonyl (C=O) groups is 1. The van der Waals surface area contributed by atoms with E-state index in [2.05, 4.69) is 33.0 Å². The van der Waals surface area contributed by atoms with Crippen LogP contribution in [0.5, 0.6) is 0 Å². The third-order valence-electron chi connectivity index (χ3n) is 5.59. The topological polar surface area (TPSA) is 36.4 Å². The van der Waals surface area contributed by atoms with Gasteiger partial charge < -0.3 is 9.80 Å². The van der Waals surface area contributed by atoms with Crippen LogP contribution < -0.4 is 0 Å². The van der Waals surface area contributed by atoms with Crippen molar-refractivity contribution < 1.29 is 4.79 Å². The van der Waals surface area contributed by atoms with E-state index in [1.165, 1.54) is 30.6 Å². The molecule has 2 aliphatic heterocycles. The molecule has 1 aromatic carbocycles. The molecule has 1 amide bonds. The van der Waals surface area contributed by atoms with Crippen molar-refractivity contribution in [3.8, 4) is 0 Å². The van der Waals surface area contributed by atoms with E-state index in [0.29, 0.717) is 18.4 Å².